The second kappa shape index (κ2) is 13.7. The zero-order chi connectivity index (χ0) is 33.2. The van der Waals surface area contributed by atoms with Crippen LogP contribution in [0.1, 0.15) is 11.3 Å². The van der Waals surface area contributed by atoms with E-state index < -0.39 is 0 Å². The molecule has 0 aliphatic rings. The molecule has 8 rings (SSSR count). The van der Waals surface area contributed by atoms with Gasteiger partial charge in [-0.2, -0.15) is 0 Å². The van der Waals surface area contributed by atoms with Crippen molar-refractivity contribution in [3.8, 4) is 27.9 Å². The molecule has 0 fully saturated rings. The van der Waals surface area contributed by atoms with Crippen molar-refractivity contribution in [1.82, 2.24) is 14.1 Å². The van der Waals surface area contributed by atoms with E-state index in [1.54, 1.807) is 0 Å². The van der Waals surface area contributed by atoms with Gasteiger partial charge < -0.3 is 0 Å². The van der Waals surface area contributed by atoms with Gasteiger partial charge in [0.25, 0.3) is 0 Å². The second-order valence-corrected chi connectivity index (χ2v) is 13.4. The molecule has 0 aliphatic carbocycles. The molecule has 0 saturated carbocycles. The van der Waals surface area contributed by atoms with Gasteiger partial charge in [0, 0.05) is 6.20 Å². The zero-order valence-corrected chi connectivity index (χ0v) is 29.5. The summed E-state index contributed by atoms with van der Waals surface area (Å²) < 4.78 is 5.79. The van der Waals surface area contributed by atoms with E-state index in [2.05, 4.69) is 204 Å². The maximum atomic E-state index is 4.65. The Hall–Kier alpha value is -5.31. The minimum atomic E-state index is -0.0521. The van der Waals surface area contributed by atoms with E-state index in [4.69, 9.17) is 0 Å². The predicted molar refractivity (Wildman–Crippen MR) is 201 cm³/mol. The Morgan fingerprint density at radius 2 is 1.16 bits per heavy atom. The summed E-state index contributed by atoms with van der Waals surface area (Å²) in [6.45, 7) is -0.0521. The van der Waals surface area contributed by atoms with Crippen LogP contribution in [-0.2, 0) is 32.8 Å². The van der Waals surface area contributed by atoms with Gasteiger partial charge in [-0.1, -0.05) is 6.07 Å². The van der Waals surface area contributed by atoms with Crippen molar-refractivity contribution in [2.24, 2.45) is 7.05 Å². The summed E-state index contributed by atoms with van der Waals surface area (Å²) in [5, 5.41) is 0. The van der Waals surface area contributed by atoms with Crippen LogP contribution in [0.4, 0.5) is 0 Å². The third-order valence-electron chi connectivity index (χ3n) is 9.33. The fourth-order valence-electron chi connectivity index (χ4n) is 7.09. The van der Waals surface area contributed by atoms with Crippen LogP contribution >= 0.6 is 0 Å². The number of hydrogen-bond donors (Lipinski definition) is 0. The van der Waals surface area contributed by atoms with Gasteiger partial charge in [0.1, 0.15) is 0 Å². The maximum absolute atomic E-state index is 4.65. The van der Waals surface area contributed by atoms with Crippen LogP contribution in [0.25, 0.3) is 39.0 Å². The van der Waals surface area contributed by atoms with Gasteiger partial charge in [0.15, 0.2) is 0 Å². The molecule has 49 heavy (non-hydrogen) atoms. The number of nitrogens with zero attached hydrogens (tertiary/aromatic N) is 3. The standard InChI is InChI=1S/C44H34BN3.Pt/c1-47-32-48(43-27-9-8-26-42(43)47)39-23-13-21-37(31-39)45(36-20-12-15-33(29-36)30-38-22-10-11-28-46-38)44-40(34-16-4-2-5-17-34)24-14-25-41(44)35-18-6-3-7-19-35;/h2-29,31H,30H2,1H3;. The first-order valence-electron chi connectivity index (χ1n) is 16.6. The van der Waals surface area contributed by atoms with Crippen LogP contribution < -0.4 is 16.4 Å². The van der Waals surface area contributed by atoms with E-state index in [0.29, 0.717) is 0 Å². The molecule has 0 bridgehead atoms. The van der Waals surface area contributed by atoms with Crippen LogP contribution in [0.5, 0.6) is 0 Å². The van der Waals surface area contributed by atoms with Crippen molar-refractivity contribution < 1.29 is 19.4 Å². The summed E-state index contributed by atoms with van der Waals surface area (Å²) in [7, 11) is 2.14. The topological polar surface area (TPSA) is 22.8 Å². The number of aromatic nitrogens is 3. The normalized spacial score (nSPS) is 11.2. The Labute approximate surface area is 298 Å². The molecule has 0 spiro atoms. The Morgan fingerprint density at radius 3 is 1.84 bits per heavy atom. The summed E-state index contributed by atoms with van der Waals surface area (Å²) in [5.41, 5.74) is 14.5. The monoisotopic (exact) mass is 810 g/mol. The molecule has 0 radical (unpaired) electrons. The number of imidazole rings is 1. The van der Waals surface area contributed by atoms with Gasteiger partial charge in [-0.15, -0.1) is 0 Å². The second-order valence-electron chi connectivity index (χ2n) is 12.4. The van der Waals surface area contributed by atoms with Crippen LogP contribution in [0.3, 0.4) is 0 Å². The van der Waals surface area contributed by atoms with E-state index in [0.717, 1.165) is 21.6 Å². The average molecular weight is 811 g/mol. The molecule has 0 aliphatic heterocycles. The summed E-state index contributed by atoms with van der Waals surface area (Å²) in [5.74, 6) is 0. The molecule has 0 amide bonds. The summed E-state index contributed by atoms with van der Waals surface area (Å²) >= 11 is 2.45. The summed E-state index contributed by atoms with van der Waals surface area (Å²) in [6, 6.07) is 61.4. The average Bonchev–Trinajstić information content (AvgIpc) is 3.42. The quantitative estimate of drug-likeness (QED) is 0.143. The van der Waals surface area contributed by atoms with Gasteiger partial charge in [-0.05, 0) is 6.07 Å². The van der Waals surface area contributed by atoms with Crippen LogP contribution in [0.2, 0.25) is 0 Å². The van der Waals surface area contributed by atoms with Gasteiger partial charge in [0.2, 0.25) is 0 Å². The van der Waals surface area contributed by atoms with Gasteiger partial charge in [0.05, 0.1) is 0 Å². The molecule has 6 aromatic carbocycles. The number of hydrogen-bond acceptors (Lipinski definition) is 1. The third kappa shape index (κ3) is 6.10. The molecule has 2 heterocycles. The van der Waals surface area contributed by atoms with Crippen LogP contribution in [0.15, 0.2) is 176 Å². The van der Waals surface area contributed by atoms with Gasteiger partial charge in [-0.3, -0.25) is 0 Å². The molecule has 0 N–H and O–H groups in total. The number of rotatable bonds is 8. The minimum absolute atomic E-state index is 0.0521. The van der Waals surface area contributed by atoms with E-state index in [-0.39, 0.29) is 6.71 Å². The van der Waals surface area contributed by atoms with Crippen molar-refractivity contribution in [2.75, 3.05) is 0 Å². The molecule has 3 nitrogen and oxygen atoms in total. The Bertz CT molecular complexity index is 2390. The van der Waals surface area contributed by atoms with E-state index in [1.807, 2.05) is 12.3 Å². The molecule has 0 saturated heterocycles. The predicted octanol–water partition coefficient (Wildman–Crippen LogP) is 7.88. The van der Waals surface area contributed by atoms with Crippen molar-refractivity contribution in [3.63, 3.8) is 0 Å². The first-order chi connectivity index (χ1) is 24.2. The summed E-state index contributed by atoms with van der Waals surface area (Å²) in [6.07, 6.45) is 2.65. The first kappa shape index (κ1) is 31.0. The van der Waals surface area contributed by atoms with Crippen LogP contribution in [0, 0.1) is 3.80 Å². The van der Waals surface area contributed by atoms with Crippen molar-refractivity contribution >= 4 is 34.1 Å². The van der Waals surface area contributed by atoms with E-state index in [9.17, 15) is 0 Å². The molecular weight excluding hydrogens is 776 g/mol. The fourth-order valence-corrected chi connectivity index (χ4v) is 7.93. The van der Waals surface area contributed by atoms with Crippen LogP contribution in [-0.4, -0.2) is 20.8 Å². The fraction of sp³-hybridized carbons (Fsp3) is 0.0455. The molecule has 5 heteroatoms. The third-order valence-corrected chi connectivity index (χ3v) is 10.6. The number of fused-ring (bicyclic) bond motifs is 1. The molecule has 238 valence electrons. The number of benzene rings is 6. The van der Waals surface area contributed by atoms with Crippen molar-refractivity contribution in [2.45, 2.75) is 6.42 Å². The molecular formula is C44H34BN3Pt. The zero-order valence-electron chi connectivity index (χ0n) is 27.2. The van der Waals surface area contributed by atoms with E-state index in [1.165, 1.54) is 55.2 Å². The van der Waals surface area contributed by atoms with Gasteiger partial charge >= 0.3 is 282 Å². The number of para-hydroxylation sites is 2. The summed E-state index contributed by atoms with van der Waals surface area (Å²) in [4.78, 5) is 4.65. The number of aryl methyl sites for hydroxylation is 1. The molecule has 0 atom stereocenters. The first-order valence-corrected chi connectivity index (χ1v) is 17.7. The van der Waals surface area contributed by atoms with Crippen molar-refractivity contribution in [3.05, 3.63) is 191 Å². The SMILES string of the molecule is Cn1[c](=[Pt])n(-c2cccc(B(c3cccc(Cc4ccccn4)c3)c3c(-c4ccccc4)cccc3-c3ccccc3)c2)c2ccccc21. The molecule has 0 unspecified atom stereocenters. The Morgan fingerprint density at radius 1 is 0.571 bits per heavy atom. The Balaban J connectivity index is 1.40. The van der Waals surface area contributed by atoms with Crippen molar-refractivity contribution in [1.29, 1.82) is 0 Å². The molecule has 2 aromatic heterocycles. The number of pyridine rings is 1. The van der Waals surface area contributed by atoms with E-state index >= 15 is 0 Å². The van der Waals surface area contributed by atoms with Gasteiger partial charge in [-0.25, -0.2) is 0 Å². The Kier molecular flexibility index (Phi) is 8.64. The molecule has 8 aromatic rings.